The molecule has 3 aliphatic heterocycles. The fourth-order valence-corrected chi connectivity index (χ4v) is 5.56. The molecule has 9 nitrogen and oxygen atoms in total. The standard InChI is InChI=1S/C29H48N4O5/c1-29(2,28(34)30-9-11-32-12-16-36-17-13-32)20-24-6-7-25(21-31-24)38-22-23-5-8-27-26(19-23)33(14-18-37-27)10-4-15-35-3/h5,8,19,24-25,31H,4,6-7,9-18,20-22H2,1-3H3,(H,30,34)/t24-,25+/m0/s1. The van der Waals surface area contributed by atoms with Gasteiger partial charge in [-0.15, -0.1) is 0 Å². The van der Waals surface area contributed by atoms with Crippen molar-refractivity contribution in [2.75, 3.05) is 84.3 Å². The lowest BCUT2D eigenvalue weighted by Crippen LogP contribution is -2.48. The predicted octanol–water partition coefficient (Wildman–Crippen LogP) is 2.42. The normalized spacial score (nSPS) is 22.6. The molecule has 1 amide bonds. The molecule has 3 heterocycles. The third kappa shape index (κ3) is 8.55. The molecule has 214 valence electrons. The van der Waals surface area contributed by atoms with E-state index in [-0.39, 0.29) is 12.0 Å². The maximum Gasteiger partial charge on any atom is 0.225 e. The van der Waals surface area contributed by atoms with Crippen molar-refractivity contribution in [3.63, 3.8) is 0 Å². The third-order valence-corrected chi connectivity index (χ3v) is 7.90. The molecule has 2 fully saturated rings. The molecule has 3 aliphatic rings. The van der Waals surface area contributed by atoms with Gasteiger partial charge in [0.2, 0.25) is 5.91 Å². The second-order valence-corrected chi connectivity index (χ2v) is 11.4. The first-order chi connectivity index (χ1) is 18.4. The lowest BCUT2D eigenvalue weighted by atomic mass is 9.82. The van der Waals surface area contributed by atoms with Gasteiger partial charge in [0.15, 0.2) is 0 Å². The molecule has 2 saturated heterocycles. The van der Waals surface area contributed by atoms with Crippen molar-refractivity contribution in [2.24, 2.45) is 5.41 Å². The van der Waals surface area contributed by atoms with E-state index in [9.17, 15) is 4.79 Å². The monoisotopic (exact) mass is 532 g/mol. The van der Waals surface area contributed by atoms with Gasteiger partial charge in [0.1, 0.15) is 12.4 Å². The first-order valence-corrected chi connectivity index (χ1v) is 14.4. The van der Waals surface area contributed by atoms with Crippen LogP contribution in [0.5, 0.6) is 5.75 Å². The van der Waals surface area contributed by atoms with Gasteiger partial charge in [0, 0.05) is 64.4 Å². The summed E-state index contributed by atoms with van der Waals surface area (Å²) in [6, 6.07) is 6.72. The number of hydrogen-bond acceptors (Lipinski definition) is 8. The van der Waals surface area contributed by atoms with E-state index in [0.717, 1.165) is 103 Å². The highest BCUT2D eigenvalue weighted by atomic mass is 16.5. The molecular weight excluding hydrogens is 484 g/mol. The van der Waals surface area contributed by atoms with Crippen LogP contribution in [0.3, 0.4) is 0 Å². The first-order valence-electron chi connectivity index (χ1n) is 14.4. The van der Waals surface area contributed by atoms with E-state index >= 15 is 0 Å². The van der Waals surface area contributed by atoms with E-state index in [1.165, 1.54) is 5.56 Å². The van der Waals surface area contributed by atoms with Crippen molar-refractivity contribution in [1.29, 1.82) is 0 Å². The zero-order chi connectivity index (χ0) is 26.8. The van der Waals surface area contributed by atoms with Crippen LogP contribution in [-0.2, 0) is 25.6 Å². The largest absolute Gasteiger partial charge is 0.490 e. The summed E-state index contributed by atoms with van der Waals surface area (Å²) in [7, 11) is 1.75. The van der Waals surface area contributed by atoms with Gasteiger partial charge in [-0.3, -0.25) is 9.69 Å². The maximum absolute atomic E-state index is 12.9. The molecule has 2 atom stereocenters. The molecule has 0 aliphatic carbocycles. The van der Waals surface area contributed by atoms with Gasteiger partial charge in [-0.25, -0.2) is 0 Å². The Balaban J connectivity index is 1.17. The first kappa shape index (κ1) is 29.1. The Hall–Kier alpha value is -1.91. The maximum atomic E-state index is 12.9. The molecule has 0 saturated carbocycles. The summed E-state index contributed by atoms with van der Waals surface area (Å²) in [5.41, 5.74) is 1.92. The Bertz CT molecular complexity index is 869. The number of fused-ring (bicyclic) bond motifs is 1. The van der Waals surface area contributed by atoms with Gasteiger partial charge < -0.3 is 34.5 Å². The Labute approximate surface area is 228 Å². The lowest BCUT2D eigenvalue weighted by Gasteiger charge is -2.35. The van der Waals surface area contributed by atoms with E-state index in [2.05, 4.69) is 52.5 Å². The molecule has 2 N–H and O–H groups in total. The zero-order valence-electron chi connectivity index (χ0n) is 23.6. The molecule has 1 aromatic carbocycles. The summed E-state index contributed by atoms with van der Waals surface area (Å²) in [6.45, 7) is 13.9. The summed E-state index contributed by atoms with van der Waals surface area (Å²) in [5.74, 6) is 1.09. The van der Waals surface area contributed by atoms with E-state index < -0.39 is 5.41 Å². The fraction of sp³-hybridized carbons (Fsp3) is 0.759. The van der Waals surface area contributed by atoms with Gasteiger partial charge in [-0.2, -0.15) is 0 Å². The fourth-order valence-electron chi connectivity index (χ4n) is 5.56. The zero-order valence-corrected chi connectivity index (χ0v) is 23.6. The third-order valence-electron chi connectivity index (χ3n) is 7.90. The predicted molar refractivity (Wildman–Crippen MR) is 149 cm³/mol. The van der Waals surface area contributed by atoms with Crippen molar-refractivity contribution in [2.45, 2.75) is 58.3 Å². The number of nitrogens with zero attached hydrogens (tertiary/aromatic N) is 2. The smallest absolute Gasteiger partial charge is 0.225 e. The van der Waals surface area contributed by atoms with Gasteiger partial charge in [-0.1, -0.05) is 19.9 Å². The molecule has 0 radical (unpaired) electrons. The van der Waals surface area contributed by atoms with Crippen molar-refractivity contribution < 1.29 is 23.7 Å². The Kier molecular flexibility index (Phi) is 11.1. The minimum absolute atomic E-state index is 0.138. The number of piperidine rings is 1. The lowest BCUT2D eigenvalue weighted by molar-refractivity contribution is -0.130. The molecule has 1 aromatic rings. The molecule has 38 heavy (non-hydrogen) atoms. The Morgan fingerprint density at radius 3 is 2.76 bits per heavy atom. The van der Waals surface area contributed by atoms with Crippen LogP contribution < -0.4 is 20.3 Å². The van der Waals surface area contributed by atoms with Crippen molar-refractivity contribution in [3.8, 4) is 5.75 Å². The molecule has 4 rings (SSSR count). The van der Waals surface area contributed by atoms with Crippen LogP contribution in [0.1, 0.15) is 45.1 Å². The van der Waals surface area contributed by atoms with Crippen LogP contribution in [0.15, 0.2) is 18.2 Å². The van der Waals surface area contributed by atoms with E-state index in [1.54, 1.807) is 7.11 Å². The number of carbonyl (C=O) groups is 1. The number of hydrogen-bond donors (Lipinski definition) is 2. The molecule has 0 spiro atoms. The van der Waals surface area contributed by atoms with Crippen LogP contribution in [0.2, 0.25) is 0 Å². The number of nitrogens with one attached hydrogen (secondary N) is 2. The molecule has 0 unspecified atom stereocenters. The summed E-state index contributed by atoms with van der Waals surface area (Å²) < 4.78 is 22.8. The number of ether oxygens (including phenoxy) is 4. The summed E-state index contributed by atoms with van der Waals surface area (Å²) >= 11 is 0. The minimum atomic E-state index is -0.406. The van der Waals surface area contributed by atoms with E-state index in [4.69, 9.17) is 18.9 Å². The number of methoxy groups -OCH3 is 1. The second kappa shape index (κ2) is 14.5. The van der Waals surface area contributed by atoms with Crippen molar-refractivity contribution in [3.05, 3.63) is 23.8 Å². The number of rotatable bonds is 13. The Morgan fingerprint density at radius 2 is 2.00 bits per heavy atom. The number of amides is 1. The molecule has 0 aromatic heterocycles. The van der Waals surface area contributed by atoms with Gasteiger partial charge in [0.05, 0.1) is 38.2 Å². The number of carbonyl (C=O) groups excluding carboxylic acids is 1. The summed E-state index contributed by atoms with van der Waals surface area (Å²) in [5, 5.41) is 6.80. The van der Waals surface area contributed by atoms with Crippen molar-refractivity contribution in [1.82, 2.24) is 15.5 Å². The SMILES string of the molecule is COCCCN1CCOc2ccc(CO[C@@H]3CC[C@@H](CC(C)(C)C(=O)NCCN4CCOCC4)NC3)cc21. The van der Waals surface area contributed by atoms with E-state index in [1.807, 2.05) is 0 Å². The molecular formula is C29H48N4O5. The number of benzene rings is 1. The van der Waals surface area contributed by atoms with Gasteiger partial charge in [0.25, 0.3) is 0 Å². The average molecular weight is 533 g/mol. The molecule has 9 heteroatoms. The van der Waals surface area contributed by atoms with Crippen molar-refractivity contribution >= 4 is 11.6 Å². The topological polar surface area (TPSA) is 84.5 Å². The molecule has 0 bridgehead atoms. The minimum Gasteiger partial charge on any atom is -0.490 e. The highest BCUT2D eigenvalue weighted by molar-refractivity contribution is 5.81. The summed E-state index contributed by atoms with van der Waals surface area (Å²) in [6.07, 6.45) is 4.02. The highest BCUT2D eigenvalue weighted by Crippen LogP contribution is 2.33. The quantitative estimate of drug-likeness (QED) is 0.375. The summed E-state index contributed by atoms with van der Waals surface area (Å²) in [4.78, 5) is 17.6. The number of morpholine rings is 1. The van der Waals surface area contributed by atoms with Gasteiger partial charge in [-0.05, 0) is 43.4 Å². The number of anilines is 1. The average Bonchev–Trinajstić information content (AvgIpc) is 2.93. The van der Waals surface area contributed by atoms with Gasteiger partial charge >= 0.3 is 0 Å². The van der Waals surface area contributed by atoms with Crippen LogP contribution in [0.25, 0.3) is 0 Å². The van der Waals surface area contributed by atoms with Crippen LogP contribution >= 0.6 is 0 Å². The van der Waals surface area contributed by atoms with Crippen LogP contribution in [-0.4, -0.2) is 102 Å². The van der Waals surface area contributed by atoms with Crippen LogP contribution in [0, 0.1) is 5.41 Å². The van der Waals surface area contributed by atoms with Crippen LogP contribution in [0.4, 0.5) is 5.69 Å². The highest BCUT2D eigenvalue weighted by Gasteiger charge is 2.33. The Morgan fingerprint density at radius 1 is 1.16 bits per heavy atom. The van der Waals surface area contributed by atoms with E-state index in [0.29, 0.717) is 19.2 Å². The second-order valence-electron chi connectivity index (χ2n) is 11.4.